The monoisotopic (exact) mass is 328 g/mol. The summed E-state index contributed by atoms with van der Waals surface area (Å²) in [6.07, 6.45) is 11.7. The van der Waals surface area contributed by atoms with Crippen LogP contribution in [0.2, 0.25) is 0 Å². The molecule has 5 heteroatoms. The van der Waals surface area contributed by atoms with Gasteiger partial charge in [-0.2, -0.15) is 0 Å². The SMILES string of the molecule is Cc1nccnc1-c1csc(C2CCN(C3CCCC3)CC2)n1. The van der Waals surface area contributed by atoms with Crippen LogP contribution in [0.15, 0.2) is 17.8 Å². The van der Waals surface area contributed by atoms with Gasteiger partial charge in [0, 0.05) is 29.7 Å². The van der Waals surface area contributed by atoms with Crippen molar-refractivity contribution < 1.29 is 0 Å². The van der Waals surface area contributed by atoms with Crippen LogP contribution in [-0.2, 0) is 0 Å². The molecule has 1 saturated heterocycles. The van der Waals surface area contributed by atoms with Gasteiger partial charge in [0.1, 0.15) is 11.4 Å². The van der Waals surface area contributed by atoms with Crippen LogP contribution in [0.3, 0.4) is 0 Å². The van der Waals surface area contributed by atoms with Crippen LogP contribution in [0, 0.1) is 6.92 Å². The Labute approximate surface area is 142 Å². The molecule has 0 unspecified atom stereocenters. The molecule has 1 aliphatic carbocycles. The molecule has 1 saturated carbocycles. The quantitative estimate of drug-likeness (QED) is 0.853. The third kappa shape index (κ3) is 3.17. The second-order valence-electron chi connectivity index (χ2n) is 6.81. The maximum Gasteiger partial charge on any atom is 0.111 e. The van der Waals surface area contributed by atoms with Gasteiger partial charge < -0.3 is 4.90 Å². The first kappa shape index (κ1) is 15.2. The second kappa shape index (κ2) is 6.65. The van der Waals surface area contributed by atoms with E-state index >= 15 is 0 Å². The lowest BCUT2D eigenvalue weighted by Gasteiger charge is -2.35. The number of hydrogen-bond acceptors (Lipinski definition) is 5. The molecule has 0 spiro atoms. The van der Waals surface area contributed by atoms with Gasteiger partial charge in [-0.1, -0.05) is 12.8 Å². The van der Waals surface area contributed by atoms with Crippen LogP contribution in [0.4, 0.5) is 0 Å². The van der Waals surface area contributed by atoms with E-state index < -0.39 is 0 Å². The number of nitrogens with zero attached hydrogens (tertiary/aromatic N) is 4. The van der Waals surface area contributed by atoms with Crippen LogP contribution in [0.25, 0.3) is 11.4 Å². The van der Waals surface area contributed by atoms with Crippen molar-refractivity contribution >= 4 is 11.3 Å². The van der Waals surface area contributed by atoms with E-state index in [1.54, 1.807) is 23.7 Å². The van der Waals surface area contributed by atoms with E-state index in [1.807, 2.05) is 6.92 Å². The zero-order valence-electron chi connectivity index (χ0n) is 13.7. The molecule has 0 atom stereocenters. The van der Waals surface area contributed by atoms with Crippen molar-refractivity contribution in [3.05, 3.63) is 28.5 Å². The molecule has 1 aliphatic heterocycles. The smallest absolute Gasteiger partial charge is 0.111 e. The first-order valence-electron chi connectivity index (χ1n) is 8.78. The molecular formula is C18H24N4S. The molecule has 23 heavy (non-hydrogen) atoms. The molecule has 0 amide bonds. The number of aryl methyl sites for hydroxylation is 1. The number of aromatic nitrogens is 3. The number of likely N-dealkylation sites (tertiary alicyclic amines) is 1. The number of thiazole rings is 1. The summed E-state index contributed by atoms with van der Waals surface area (Å²) in [6, 6.07) is 0.866. The maximum absolute atomic E-state index is 4.89. The summed E-state index contributed by atoms with van der Waals surface area (Å²) in [5, 5.41) is 3.44. The second-order valence-corrected chi connectivity index (χ2v) is 7.70. The third-order valence-corrected chi connectivity index (χ3v) is 6.37. The van der Waals surface area contributed by atoms with Gasteiger partial charge in [-0.15, -0.1) is 11.3 Å². The third-order valence-electron chi connectivity index (χ3n) is 5.37. The number of piperidine rings is 1. The van der Waals surface area contributed by atoms with Crippen molar-refractivity contribution in [1.82, 2.24) is 19.9 Å². The Hall–Kier alpha value is -1.33. The van der Waals surface area contributed by atoms with E-state index in [0.717, 1.165) is 23.1 Å². The molecule has 3 heterocycles. The zero-order valence-corrected chi connectivity index (χ0v) is 14.6. The maximum atomic E-state index is 4.89. The molecule has 0 bridgehead atoms. The lowest BCUT2D eigenvalue weighted by molar-refractivity contribution is 0.154. The van der Waals surface area contributed by atoms with E-state index in [4.69, 9.17) is 4.98 Å². The van der Waals surface area contributed by atoms with Gasteiger partial charge in [0.2, 0.25) is 0 Å². The van der Waals surface area contributed by atoms with Crippen molar-refractivity contribution in [1.29, 1.82) is 0 Å². The summed E-state index contributed by atoms with van der Waals surface area (Å²) in [6.45, 7) is 4.49. The summed E-state index contributed by atoms with van der Waals surface area (Å²) < 4.78 is 0. The van der Waals surface area contributed by atoms with Gasteiger partial charge in [-0.05, 0) is 45.7 Å². The fraction of sp³-hybridized carbons (Fsp3) is 0.611. The largest absolute Gasteiger partial charge is 0.300 e. The molecule has 0 radical (unpaired) electrons. The van der Waals surface area contributed by atoms with Crippen LogP contribution in [-0.4, -0.2) is 39.0 Å². The van der Waals surface area contributed by atoms with Gasteiger partial charge in [0.05, 0.1) is 10.7 Å². The lowest BCUT2D eigenvalue weighted by Crippen LogP contribution is -2.39. The topological polar surface area (TPSA) is 41.9 Å². The summed E-state index contributed by atoms with van der Waals surface area (Å²) in [4.78, 5) is 16.4. The minimum Gasteiger partial charge on any atom is -0.300 e. The summed E-state index contributed by atoms with van der Waals surface area (Å²) in [5.41, 5.74) is 2.88. The first-order chi connectivity index (χ1) is 11.3. The summed E-state index contributed by atoms with van der Waals surface area (Å²) in [7, 11) is 0. The minimum atomic E-state index is 0.628. The molecule has 2 aromatic rings. The van der Waals surface area contributed by atoms with Crippen LogP contribution in [0.5, 0.6) is 0 Å². The Kier molecular flexibility index (Phi) is 4.40. The fourth-order valence-electron chi connectivity index (χ4n) is 4.02. The van der Waals surface area contributed by atoms with E-state index in [-0.39, 0.29) is 0 Å². The van der Waals surface area contributed by atoms with Crippen molar-refractivity contribution in [2.24, 2.45) is 0 Å². The van der Waals surface area contributed by atoms with E-state index in [0.29, 0.717) is 5.92 Å². The normalized spacial score (nSPS) is 21.1. The Bertz CT molecular complexity index is 655. The molecule has 122 valence electrons. The highest BCUT2D eigenvalue weighted by molar-refractivity contribution is 7.10. The molecule has 4 nitrogen and oxygen atoms in total. The molecule has 2 aromatic heterocycles. The van der Waals surface area contributed by atoms with E-state index in [9.17, 15) is 0 Å². The molecule has 0 N–H and O–H groups in total. The van der Waals surface area contributed by atoms with E-state index in [2.05, 4.69) is 20.2 Å². The van der Waals surface area contributed by atoms with Crippen molar-refractivity contribution in [2.75, 3.05) is 13.1 Å². The van der Waals surface area contributed by atoms with Gasteiger partial charge in [-0.3, -0.25) is 9.97 Å². The predicted octanol–water partition coefficient (Wildman–Crippen LogP) is 4.03. The van der Waals surface area contributed by atoms with Crippen LogP contribution < -0.4 is 0 Å². The number of rotatable bonds is 3. The van der Waals surface area contributed by atoms with Gasteiger partial charge in [0.25, 0.3) is 0 Å². The zero-order chi connectivity index (χ0) is 15.6. The average Bonchev–Trinajstić information content (AvgIpc) is 3.27. The van der Waals surface area contributed by atoms with Gasteiger partial charge >= 0.3 is 0 Å². The number of hydrogen-bond donors (Lipinski definition) is 0. The highest BCUT2D eigenvalue weighted by Gasteiger charge is 2.28. The Morgan fingerprint density at radius 3 is 2.52 bits per heavy atom. The summed E-state index contributed by atoms with van der Waals surface area (Å²) in [5.74, 6) is 0.628. The van der Waals surface area contributed by atoms with Crippen LogP contribution >= 0.6 is 11.3 Å². The molecular weight excluding hydrogens is 304 g/mol. The molecule has 4 rings (SSSR count). The predicted molar refractivity (Wildman–Crippen MR) is 93.7 cm³/mol. The average molecular weight is 328 g/mol. The summed E-state index contributed by atoms with van der Waals surface area (Å²) >= 11 is 1.80. The van der Waals surface area contributed by atoms with E-state index in [1.165, 1.54) is 56.6 Å². The Balaban J connectivity index is 1.43. The van der Waals surface area contributed by atoms with Crippen molar-refractivity contribution in [2.45, 2.75) is 57.4 Å². The highest BCUT2D eigenvalue weighted by atomic mass is 32.1. The minimum absolute atomic E-state index is 0.628. The molecule has 0 aromatic carbocycles. The Morgan fingerprint density at radius 2 is 1.78 bits per heavy atom. The van der Waals surface area contributed by atoms with Crippen molar-refractivity contribution in [3.63, 3.8) is 0 Å². The van der Waals surface area contributed by atoms with Crippen molar-refractivity contribution in [3.8, 4) is 11.4 Å². The first-order valence-corrected chi connectivity index (χ1v) is 9.66. The molecule has 2 aliphatic rings. The highest BCUT2D eigenvalue weighted by Crippen LogP contribution is 2.35. The fourth-order valence-corrected chi connectivity index (χ4v) is 5.00. The standard InChI is InChI=1S/C18H24N4S/c1-13-17(20-9-8-19-13)16-12-23-18(21-16)14-6-10-22(11-7-14)15-4-2-3-5-15/h8-9,12,14-15H,2-7,10-11H2,1H3. The Morgan fingerprint density at radius 1 is 1.04 bits per heavy atom. The lowest BCUT2D eigenvalue weighted by atomic mass is 9.96. The van der Waals surface area contributed by atoms with Gasteiger partial charge in [-0.25, -0.2) is 4.98 Å². The molecule has 2 fully saturated rings. The van der Waals surface area contributed by atoms with Gasteiger partial charge in [0.15, 0.2) is 0 Å². The van der Waals surface area contributed by atoms with Crippen LogP contribution in [0.1, 0.15) is 55.1 Å².